The number of benzene rings is 2. The highest BCUT2D eigenvalue weighted by atomic mass is 35.5. The van der Waals surface area contributed by atoms with Gasteiger partial charge in [0.1, 0.15) is 0 Å². The Kier molecular flexibility index (Phi) is 6.60. The molecule has 2 saturated carbocycles. The maximum absolute atomic E-state index is 12.8. The summed E-state index contributed by atoms with van der Waals surface area (Å²) < 4.78 is 0. The molecule has 2 fully saturated rings. The fourth-order valence-corrected chi connectivity index (χ4v) is 4.80. The van der Waals surface area contributed by atoms with Crippen molar-refractivity contribution in [2.75, 3.05) is 5.32 Å². The van der Waals surface area contributed by atoms with Gasteiger partial charge in [0.2, 0.25) is 5.91 Å². The first-order valence-corrected chi connectivity index (χ1v) is 10.1. The highest BCUT2D eigenvalue weighted by molar-refractivity contribution is 6.04. The molecule has 5 nitrogen and oxygen atoms in total. The van der Waals surface area contributed by atoms with Crippen LogP contribution in [-0.4, -0.2) is 17.9 Å². The van der Waals surface area contributed by atoms with Gasteiger partial charge in [-0.2, -0.15) is 0 Å². The average Bonchev–Trinajstić information content (AvgIpc) is 3.30. The van der Waals surface area contributed by atoms with E-state index in [-0.39, 0.29) is 42.2 Å². The Morgan fingerprint density at radius 1 is 1.03 bits per heavy atom. The molecule has 0 spiro atoms. The van der Waals surface area contributed by atoms with Crippen LogP contribution in [0.3, 0.4) is 0 Å². The monoisotopic (exact) mass is 413 g/mol. The van der Waals surface area contributed by atoms with Crippen molar-refractivity contribution in [1.82, 2.24) is 5.32 Å². The minimum Gasteiger partial charge on any atom is -0.349 e. The molecule has 2 aliphatic carbocycles. The second-order valence-corrected chi connectivity index (χ2v) is 8.11. The van der Waals surface area contributed by atoms with Crippen molar-refractivity contribution < 1.29 is 9.59 Å². The van der Waals surface area contributed by atoms with Gasteiger partial charge in [0, 0.05) is 17.3 Å². The van der Waals surface area contributed by atoms with E-state index in [4.69, 9.17) is 5.73 Å². The first-order chi connectivity index (χ1) is 13.5. The first kappa shape index (κ1) is 21.3. The van der Waals surface area contributed by atoms with E-state index in [1.807, 2.05) is 49.4 Å². The topological polar surface area (TPSA) is 84.2 Å². The lowest BCUT2D eigenvalue weighted by molar-refractivity contribution is -0.127. The minimum atomic E-state index is -0.151. The third-order valence-electron chi connectivity index (χ3n) is 6.32. The molecule has 4 N–H and O–H groups in total. The minimum absolute atomic E-state index is 0. The third kappa shape index (κ3) is 4.46. The van der Waals surface area contributed by atoms with Crippen LogP contribution in [0, 0.1) is 17.8 Å². The molecule has 0 heterocycles. The Labute approximate surface area is 177 Å². The van der Waals surface area contributed by atoms with Gasteiger partial charge in [0.25, 0.3) is 5.91 Å². The van der Waals surface area contributed by atoms with Crippen molar-refractivity contribution in [2.45, 2.75) is 38.3 Å². The molecule has 4 rings (SSSR count). The summed E-state index contributed by atoms with van der Waals surface area (Å²) in [6.07, 6.45) is 3.37. The molecule has 2 aliphatic rings. The van der Waals surface area contributed by atoms with Crippen LogP contribution in [0.15, 0.2) is 54.6 Å². The summed E-state index contributed by atoms with van der Waals surface area (Å²) in [5, 5.41) is 6.05. The van der Waals surface area contributed by atoms with Crippen LogP contribution in [0.25, 0.3) is 0 Å². The Morgan fingerprint density at radius 2 is 1.76 bits per heavy atom. The maximum Gasteiger partial charge on any atom is 0.255 e. The molecular formula is C23H28ClN3O2. The van der Waals surface area contributed by atoms with Gasteiger partial charge in [-0.1, -0.05) is 30.3 Å². The number of halogens is 1. The van der Waals surface area contributed by atoms with Crippen LogP contribution < -0.4 is 16.4 Å². The molecule has 29 heavy (non-hydrogen) atoms. The molecule has 0 saturated heterocycles. The average molecular weight is 414 g/mol. The first-order valence-electron chi connectivity index (χ1n) is 10.1. The van der Waals surface area contributed by atoms with E-state index in [2.05, 4.69) is 10.6 Å². The van der Waals surface area contributed by atoms with Crippen LogP contribution in [0.4, 0.5) is 5.69 Å². The fourth-order valence-electron chi connectivity index (χ4n) is 4.80. The normalized spacial score (nSPS) is 25.7. The SMILES string of the molecule is CC(NC(=O)C1C2CCC(C2)C1N)c1cccc(NC(=O)c2ccccc2)c1.Cl. The summed E-state index contributed by atoms with van der Waals surface area (Å²) in [5.41, 5.74) is 8.58. The van der Waals surface area contributed by atoms with E-state index in [0.717, 1.165) is 24.8 Å². The van der Waals surface area contributed by atoms with Gasteiger partial charge in [-0.3, -0.25) is 9.59 Å². The highest BCUT2D eigenvalue weighted by Crippen LogP contribution is 2.47. The summed E-state index contributed by atoms with van der Waals surface area (Å²) in [5.74, 6) is 0.784. The van der Waals surface area contributed by atoms with Gasteiger partial charge < -0.3 is 16.4 Å². The van der Waals surface area contributed by atoms with Crippen molar-refractivity contribution >= 4 is 29.9 Å². The zero-order chi connectivity index (χ0) is 19.7. The van der Waals surface area contributed by atoms with E-state index >= 15 is 0 Å². The van der Waals surface area contributed by atoms with Gasteiger partial charge in [-0.05, 0) is 67.9 Å². The molecule has 5 unspecified atom stereocenters. The number of anilines is 1. The summed E-state index contributed by atoms with van der Waals surface area (Å²) >= 11 is 0. The lowest BCUT2D eigenvalue weighted by Gasteiger charge is -2.28. The Morgan fingerprint density at radius 3 is 2.45 bits per heavy atom. The molecule has 6 heteroatoms. The van der Waals surface area contributed by atoms with E-state index in [9.17, 15) is 9.59 Å². The number of carbonyl (C=O) groups excluding carboxylic acids is 2. The molecule has 5 atom stereocenters. The van der Waals surface area contributed by atoms with Crippen LogP contribution in [0.2, 0.25) is 0 Å². The summed E-state index contributed by atoms with van der Waals surface area (Å²) in [4.78, 5) is 25.2. The maximum atomic E-state index is 12.8. The number of nitrogens with two attached hydrogens (primary N) is 1. The summed E-state index contributed by atoms with van der Waals surface area (Å²) in [6.45, 7) is 1.97. The third-order valence-corrected chi connectivity index (χ3v) is 6.32. The predicted octanol–water partition coefficient (Wildman–Crippen LogP) is 3.91. The molecule has 2 aromatic carbocycles. The van der Waals surface area contributed by atoms with Gasteiger partial charge in [-0.15, -0.1) is 12.4 Å². The van der Waals surface area contributed by atoms with E-state index < -0.39 is 0 Å². The van der Waals surface area contributed by atoms with Crippen LogP contribution in [0.5, 0.6) is 0 Å². The van der Waals surface area contributed by atoms with Crippen molar-refractivity contribution in [3.8, 4) is 0 Å². The number of fused-ring (bicyclic) bond motifs is 2. The molecule has 2 aromatic rings. The number of rotatable bonds is 5. The van der Waals surface area contributed by atoms with Crippen LogP contribution in [0.1, 0.15) is 48.1 Å². The zero-order valence-corrected chi connectivity index (χ0v) is 17.3. The second kappa shape index (κ2) is 8.97. The molecular weight excluding hydrogens is 386 g/mol. The van der Waals surface area contributed by atoms with Crippen LogP contribution >= 0.6 is 12.4 Å². The molecule has 2 amide bonds. The molecule has 0 radical (unpaired) electrons. The molecule has 154 valence electrons. The largest absolute Gasteiger partial charge is 0.349 e. The number of nitrogens with one attached hydrogen (secondary N) is 2. The van der Waals surface area contributed by atoms with Gasteiger partial charge in [0.05, 0.1) is 12.0 Å². The highest BCUT2D eigenvalue weighted by Gasteiger charge is 2.49. The quantitative estimate of drug-likeness (QED) is 0.694. The zero-order valence-electron chi connectivity index (χ0n) is 16.5. The van der Waals surface area contributed by atoms with Gasteiger partial charge in [-0.25, -0.2) is 0 Å². The number of amides is 2. The smallest absolute Gasteiger partial charge is 0.255 e. The van der Waals surface area contributed by atoms with Gasteiger partial charge in [0.15, 0.2) is 0 Å². The standard InChI is InChI=1S/C23H27N3O2.ClH/c1-14(25-23(28)20-17-10-11-18(12-17)21(20)24)16-8-5-9-19(13-16)26-22(27)15-6-3-2-4-7-15;/h2-9,13-14,17-18,20-21H,10-12,24H2,1H3,(H,25,28)(H,26,27);1H. The van der Waals surface area contributed by atoms with E-state index in [0.29, 0.717) is 23.1 Å². The lowest BCUT2D eigenvalue weighted by Crippen LogP contribution is -2.45. The molecule has 2 bridgehead atoms. The fraction of sp³-hybridized carbons (Fsp3) is 0.391. The van der Waals surface area contributed by atoms with E-state index in [1.54, 1.807) is 12.1 Å². The Hall–Kier alpha value is -2.37. The van der Waals surface area contributed by atoms with Crippen molar-refractivity contribution in [3.63, 3.8) is 0 Å². The second-order valence-electron chi connectivity index (χ2n) is 8.11. The number of carbonyl (C=O) groups is 2. The molecule has 0 aromatic heterocycles. The predicted molar refractivity (Wildman–Crippen MR) is 117 cm³/mol. The number of hydrogen-bond donors (Lipinski definition) is 3. The molecule has 0 aliphatic heterocycles. The Bertz CT molecular complexity index is 871. The van der Waals surface area contributed by atoms with Crippen molar-refractivity contribution in [1.29, 1.82) is 0 Å². The van der Waals surface area contributed by atoms with Crippen molar-refractivity contribution in [2.24, 2.45) is 23.5 Å². The van der Waals surface area contributed by atoms with Crippen molar-refractivity contribution in [3.05, 3.63) is 65.7 Å². The number of hydrogen-bond acceptors (Lipinski definition) is 3. The van der Waals surface area contributed by atoms with Crippen LogP contribution in [-0.2, 0) is 4.79 Å². The van der Waals surface area contributed by atoms with Gasteiger partial charge >= 0.3 is 0 Å². The summed E-state index contributed by atoms with van der Waals surface area (Å²) in [7, 11) is 0. The Balaban J connectivity index is 0.00000240. The van der Waals surface area contributed by atoms with E-state index in [1.165, 1.54) is 0 Å². The lowest BCUT2D eigenvalue weighted by atomic mass is 9.84. The summed E-state index contributed by atoms with van der Waals surface area (Å²) in [6, 6.07) is 16.6.